The SMILES string of the molecule is CCNC(=NCCCOC)Nc1ccc(OC)c(OC)c1.I. The molecule has 0 saturated heterocycles. The largest absolute Gasteiger partial charge is 0.493 e. The van der Waals surface area contributed by atoms with E-state index >= 15 is 0 Å². The van der Waals surface area contributed by atoms with Crippen molar-refractivity contribution in [2.75, 3.05) is 46.3 Å². The van der Waals surface area contributed by atoms with Crippen LogP contribution in [0, 0.1) is 0 Å². The summed E-state index contributed by atoms with van der Waals surface area (Å²) in [5, 5.41) is 6.45. The van der Waals surface area contributed by atoms with Gasteiger partial charge >= 0.3 is 0 Å². The standard InChI is InChI=1S/C15H25N3O3.HI/c1-5-16-15(17-9-6-10-19-2)18-12-7-8-13(20-3)14(11-12)21-4;/h7-8,11H,5-6,9-10H2,1-4H3,(H2,16,17,18);1H. The predicted octanol–water partition coefficient (Wildman–Crippen LogP) is 2.74. The maximum atomic E-state index is 5.29. The Kier molecular flexibility index (Phi) is 11.7. The van der Waals surface area contributed by atoms with E-state index < -0.39 is 0 Å². The Balaban J connectivity index is 0.00000441. The van der Waals surface area contributed by atoms with Gasteiger partial charge in [0.2, 0.25) is 0 Å². The molecule has 1 aromatic rings. The van der Waals surface area contributed by atoms with Crippen molar-refractivity contribution in [1.29, 1.82) is 0 Å². The maximum absolute atomic E-state index is 5.29. The topological polar surface area (TPSA) is 64.1 Å². The fourth-order valence-electron chi connectivity index (χ4n) is 1.76. The molecule has 0 radical (unpaired) electrons. The van der Waals surface area contributed by atoms with Crippen LogP contribution in [0.25, 0.3) is 0 Å². The van der Waals surface area contributed by atoms with E-state index in [9.17, 15) is 0 Å². The van der Waals surface area contributed by atoms with Crippen LogP contribution in [0.4, 0.5) is 5.69 Å². The number of halogens is 1. The quantitative estimate of drug-likeness (QED) is 0.292. The Bertz CT molecular complexity index is 456. The van der Waals surface area contributed by atoms with E-state index in [4.69, 9.17) is 14.2 Å². The molecule has 22 heavy (non-hydrogen) atoms. The first kappa shape index (κ1) is 20.8. The highest BCUT2D eigenvalue weighted by Crippen LogP contribution is 2.29. The van der Waals surface area contributed by atoms with Crippen molar-refractivity contribution in [3.63, 3.8) is 0 Å². The highest BCUT2D eigenvalue weighted by molar-refractivity contribution is 14.0. The third-order valence-corrected chi connectivity index (χ3v) is 2.77. The number of hydrogen-bond acceptors (Lipinski definition) is 4. The molecule has 7 heteroatoms. The molecule has 0 spiro atoms. The summed E-state index contributed by atoms with van der Waals surface area (Å²) in [6.45, 7) is 4.24. The predicted molar refractivity (Wildman–Crippen MR) is 101 cm³/mol. The zero-order valence-electron chi connectivity index (χ0n) is 13.6. The molecule has 2 N–H and O–H groups in total. The van der Waals surface area contributed by atoms with Crippen LogP contribution in [-0.2, 0) is 4.74 Å². The lowest BCUT2D eigenvalue weighted by molar-refractivity contribution is 0.197. The van der Waals surface area contributed by atoms with Crippen molar-refractivity contribution in [2.24, 2.45) is 4.99 Å². The van der Waals surface area contributed by atoms with Crippen LogP contribution in [0.2, 0.25) is 0 Å². The first-order valence-corrected chi connectivity index (χ1v) is 7.01. The third kappa shape index (κ3) is 7.17. The maximum Gasteiger partial charge on any atom is 0.195 e. The number of guanidine groups is 1. The van der Waals surface area contributed by atoms with E-state index in [1.54, 1.807) is 21.3 Å². The van der Waals surface area contributed by atoms with Gasteiger partial charge in [-0.2, -0.15) is 0 Å². The van der Waals surface area contributed by atoms with Gasteiger partial charge in [-0.1, -0.05) is 0 Å². The second-order valence-electron chi connectivity index (χ2n) is 4.30. The number of anilines is 1. The van der Waals surface area contributed by atoms with Crippen LogP contribution >= 0.6 is 24.0 Å². The number of benzene rings is 1. The van der Waals surface area contributed by atoms with E-state index in [0.717, 1.165) is 24.6 Å². The number of nitrogens with zero attached hydrogens (tertiary/aromatic N) is 1. The lowest BCUT2D eigenvalue weighted by Gasteiger charge is -2.13. The van der Waals surface area contributed by atoms with E-state index in [1.165, 1.54) is 0 Å². The van der Waals surface area contributed by atoms with Crippen LogP contribution in [0.3, 0.4) is 0 Å². The molecule has 0 aromatic heterocycles. The second kappa shape index (κ2) is 12.3. The molecule has 6 nitrogen and oxygen atoms in total. The Morgan fingerprint density at radius 1 is 1.14 bits per heavy atom. The molecule has 0 atom stereocenters. The molecule has 0 saturated carbocycles. The normalized spacial score (nSPS) is 10.6. The lowest BCUT2D eigenvalue weighted by Crippen LogP contribution is -2.30. The molecule has 0 bridgehead atoms. The van der Waals surface area contributed by atoms with Crippen molar-refractivity contribution < 1.29 is 14.2 Å². The molecule has 126 valence electrons. The van der Waals surface area contributed by atoms with Gasteiger partial charge in [-0.25, -0.2) is 0 Å². The first-order valence-electron chi connectivity index (χ1n) is 7.01. The van der Waals surface area contributed by atoms with Crippen molar-refractivity contribution in [1.82, 2.24) is 5.32 Å². The average molecular weight is 423 g/mol. The summed E-state index contributed by atoms with van der Waals surface area (Å²) >= 11 is 0. The monoisotopic (exact) mass is 423 g/mol. The zero-order chi connectivity index (χ0) is 15.5. The number of nitrogens with one attached hydrogen (secondary N) is 2. The number of methoxy groups -OCH3 is 3. The number of hydrogen-bond donors (Lipinski definition) is 2. The first-order chi connectivity index (χ1) is 10.2. The minimum Gasteiger partial charge on any atom is -0.493 e. The Morgan fingerprint density at radius 3 is 2.45 bits per heavy atom. The number of ether oxygens (including phenoxy) is 3. The van der Waals surface area contributed by atoms with Crippen molar-refractivity contribution in [2.45, 2.75) is 13.3 Å². The van der Waals surface area contributed by atoms with E-state index in [2.05, 4.69) is 15.6 Å². The van der Waals surface area contributed by atoms with Gasteiger partial charge in [-0.15, -0.1) is 24.0 Å². The summed E-state index contributed by atoms with van der Waals surface area (Å²) < 4.78 is 15.5. The van der Waals surface area contributed by atoms with Gasteiger partial charge in [-0.3, -0.25) is 4.99 Å². The summed E-state index contributed by atoms with van der Waals surface area (Å²) in [5.41, 5.74) is 0.888. The van der Waals surface area contributed by atoms with E-state index in [1.807, 2.05) is 25.1 Å². The summed E-state index contributed by atoms with van der Waals surface area (Å²) in [5.74, 6) is 2.11. The molecule has 0 fully saturated rings. The molecule has 0 amide bonds. The van der Waals surface area contributed by atoms with Gasteiger partial charge < -0.3 is 24.8 Å². The second-order valence-corrected chi connectivity index (χ2v) is 4.30. The molecule has 0 heterocycles. The highest BCUT2D eigenvalue weighted by Gasteiger charge is 2.06. The van der Waals surface area contributed by atoms with E-state index in [-0.39, 0.29) is 24.0 Å². The number of aliphatic imine (C=N–C) groups is 1. The van der Waals surface area contributed by atoms with Crippen LogP contribution in [0.5, 0.6) is 11.5 Å². The third-order valence-electron chi connectivity index (χ3n) is 2.77. The highest BCUT2D eigenvalue weighted by atomic mass is 127. The molecule has 0 unspecified atom stereocenters. The van der Waals surface area contributed by atoms with Crippen LogP contribution in [-0.4, -0.2) is 47.0 Å². The smallest absolute Gasteiger partial charge is 0.195 e. The van der Waals surface area contributed by atoms with Crippen LogP contribution < -0.4 is 20.1 Å². The molecule has 1 aromatic carbocycles. The summed E-state index contributed by atoms with van der Waals surface area (Å²) in [7, 11) is 4.93. The van der Waals surface area contributed by atoms with Crippen LogP contribution in [0.15, 0.2) is 23.2 Å². The summed E-state index contributed by atoms with van der Waals surface area (Å²) in [6, 6.07) is 5.65. The fourth-order valence-corrected chi connectivity index (χ4v) is 1.76. The van der Waals surface area contributed by atoms with Crippen molar-refractivity contribution in [3.05, 3.63) is 18.2 Å². The molecular formula is C15H26IN3O3. The summed E-state index contributed by atoms with van der Waals surface area (Å²) in [6.07, 6.45) is 0.888. The number of rotatable bonds is 8. The van der Waals surface area contributed by atoms with Gasteiger partial charge in [0.25, 0.3) is 0 Å². The van der Waals surface area contributed by atoms with Gasteiger partial charge in [0.05, 0.1) is 14.2 Å². The average Bonchev–Trinajstić information content (AvgIpc) is 2.51. The summed E-state index contributed by atoms with van der Waals surface area (Å²) in [4.78, 5) is 4.49. The molecule has 0 aliphatic carbocycles. The van der Waals surface area contributed by atoms with Crippen LogP contribution in [0.1, 0.15) is 13.3 Å². The molecule has 1 rings (SSSR count). The molecule has 0 aliphatic rings. The Hall–Kier alpha value is -1.22. The van der Waals surface area contributed by atoms with Gasteiger partial charge in [0, 0.05) is 38.6 Å². The van der Waals surface area contributed by atoms with Crippen molar-refractivity contribution in [3.8, 4) is 11.5 Å². The zero-order valence-corrected chi connectivity index (χ0v) is 16.0. The van der Waals surface area contributed by atoms with Gasteiger partial charge in [0.1, 0.15) is 0 Å². The Morgan fingerprint density at radius 2 is 1.86 bits per heavy atom. The molecular weight excluding hydrogens is 397 g/mol. The van der Waals surface area contributed by atoms with Crippen molar-refractivity contribution >= 4 is 35.6 Å². The van der Waals surface area contributed by atoms with Gasteiger partial charge in [0.15, 0.2) is 17.5 Å². The fraction of sp³-hybridized carbons (Fsp3) is 0.533. The minimum atomic E-state index is 0. The molecule has 0 aliphatic heterocycles. The Labute approximate surface area is 149 Å². The van der Waals surface area contributed by atoms with E-state index in [0.29, 0.717) is 24.7 Å². The minimum absolute atomic E-state index is 0. The van der Waals surface area contributed by atoms with Gasteiger partial charge in [-0.05, 0) is 25.5 Å². The lowest BCUT2D eigenvalue weighted by atomic mass is 10.3.